The largest absolute Gasteiger partial charge is 0.416 e. The van der Waals surface area contributed by atoms with Crippen molar-refractivity contribution in [2.75, 3.05) is 11.9 Å². The van der Waals surface area contributed by atoms with Crippen molar-refractivity contribution in [2.24, 2.45) is 0 Å². The van der Waals surface area contributed by atoms with E-state index >= 15 is 0 Å². The number of nitrogens with one attached hydrogen (secondary N) is 1. The topological polar surface area (TPSA) is 49.4 Å². The molecule has 2 aromatic carbocycles. The van der Waals surface area contributed by atoms with Crippen molar-refractivity contribution in [1.29, 1.82) is 0 Å². The van der Waals surface area contributed by atoms with Crippen LogP contribution in [-0.2, 0) is 15.8 Å². The predicted molar refractivity (Wildman–Crippen MR) is 105 cm³/mol. The molecule has 3 rings (SSSR count). The Bertz CT molecular complexity index is 1010. The average molecular weight is 402 g/mol. The molecule has 0 aliphatic carbocycles. The first kappa shape index (κ1) is 20.6. The molecular formula is C22H21F3N2O2. The molecule has 2 aromatic rings. The van der Waals surface area contributed by atoms with Gasteiger partial charge in [0.05, 0.1) is 11.1 Å². The molecule has 7 heteroatoms. The molecule has 2 amide bonds. The number of carbonyl (C=O) groups is 2. The van der Waals surface area contributed by atoms with E-state index in [1.54, 1.807) is 12.1 Å². The number of aryl methyl sites for hydroxylation is 2. The summed E-state index contributed by atoms with van der Waals surface area (Å²) in [7, 11) is 0. The lowest BCUT2D eigenvalue weighted by atomic mass is 9.99. The second-order valence-electron chi connectivity index (χ2n) is 7.01. The van der Waals surface area contributed by atoms with E-state index in [4.69, 9.17) is 0 Å². The molecule has 29 heavy (non-hydrogen) atoms. The molecule has 0 bridgehead atoms. The summed E-state index contributed by atoms with van der Waals surface area (Å²) in [4.78, 5) is 27.0. The van der Waals surface area contributed by atoms with Crippen LogP contribution in [0.1, 0.15) is 35.6 Å². The van der Waals surface area contributed by atoms with Crippen molar-refractivity contribution in [3.8, 4) is 0 Å². The lowest BCUT2D eigenvalue weighted by Crippen LogP contribution is -2.33. The van der Waals surface area contributed by atoms with Crippen LogP contribution in [0.3, 0.4) is 0 Å². The van der Waals surface area contributed by atoms with Gasteiger partial charge in [-0.3, -0.25) is 14.5 Å². The molecule has 1 aliphatic rings. The minimum Gasteiger partial charge on any atom is -0.350 e. The Morgan fingerprint density at radius 1 is 0.966 bits per heavy atom. The Kier molecular flexibility index (Phi) is 5.50. The van der Waals surface area contributed by atoms with E-state index in [1.807, 2.05) is 26.8 Å². The standard InChI is InChI=1S/C22H21F3N2O2/c1-4-10-27-20(28)18(15-9-8-13(2)14(3)11-15)19(21(27)29)26-17-7-5-6-16(12-17)22(23,24)25/h5-9,11-12,26H,4,10H2,1-3H3. The summed E-state index contributed by atoms with van der Waals surface area (Å²) < 4.78 is 39.1. The fraction of sp³-hybridized carbons (Fsp3) is 0.273. The SMILES string of the molecule is CCCN1C(=O)C(Nc2cccc(C(F)(F)F)c2)=C(c2ccc(C)c(C)c2)C1=O. The maximum absolute atomic E-state index is 13.0. The Morgan fingerprint density at radius 2 is 1.69 bits per heavy atom. The van der Waals surface area contributed by atoms with Gasteiger partial charge in [-0.2, -0.15) is 13.2 Å². The van der Waals surface area contributed by atoms with Crippen molar-refractivity contribution in [2.45, 2.75) is 33.4 Å². The van der Waals surface area contributed by atoms with E-state index in [2.05, 4.69) is 5.32 Å². The Balaban J connectivity index is 2.09. The van der Waals surface area contributed by atoms with Crippen LogP contribution in [0.4, 0.5) is 18.9 Å². The third kappa shape index (κ3) is 4.04. The molecule has 152 valence electrons. The third-order valence-corrected chi connectivity index (χ3v) is 4.87. The first-order valence-corrected chi connectivity index (χ1v) is 9.26. The summed E-state index contributed by atoms with van der Waals surface area (Å²) in [5, 5.41) is 2.77. The smallest absolute Gasteiger partial charge is 0.350 e. The van der Waals surface area contributed by atoms with Gasteiger partial charge in [0.25, 0.3) is 11.8 Å². The van der Waals surface area contributed by atoms with Crippen LogP contribution >= 0.6 is 0 Å². The molecule has 0 atom stereocenters. The van der Waals surface area contributed by atoms with Gasteiger partial charge in [-0.1, -0.05) is 31.2 Å². The zero-order valence-electron chi connectivity index (χ0n) is 16.4. The molecular weight excluding hydrogens is 381 g/mol. The van der Waals surface area contributed by atoms with Gasteiger partial charge in [-0.05, 0) is 55.2 Å². The Labute approximate surface area is 167 Å². The van der Waals surface area contributed by atoms with E-state index in [0.29, 0.717) is 12.0 Å². The number of nitrogens with zero attached hydrogens (tertiary/aromatic N) is 1. The van der Waals surface area contributed by atoms with Gasteiger partial charge in [-0.25, -0.2) is 0 Å². The highest BCUT2D eigenvalue weighted by atomic mass is 19.4. The molecule has 0 saturated carbocycles. The zero-order valence-corrected chi connectivity index (χ0v) is 16.4. The summed E-state index contributed by atoms with van der Waals surface area (Å²) in [6.07, 6.45) is -3.93. The number of benzene rings is 2. The highest BCUT2D eigenvalue weighted by Crippen LogP contribution is 2.34. The molecule has 1 N–H and O–H groups in total. The molecule has 1 heterocycles. The summed E-state index contributed by atoms with van der Waals surface area (Å²) in [5.41, 5.74) is 1.95. The number of anilines is 1. The van der Waals surface area contributed by atoms with Crippen molar-refractivity contribution in [3.05, 3.63) is 70.4 Å². The summed E-state index contributed by atoms with van der Waals surface area (Å²) in [5.74, 6) is -0.989. The first-order valence-electron chi connectivity index (χ1n) is 9.26. The van der Waals surface area contributed by atoms with Gasteiger partial charge < -0.3 is 5.32 Å². The molecule has 0 radical (unpaired) electrons. The van der Waals surface area contributed by atoms with E-state index in [9.17, 15) is 22.8 Å². The van der Waals surface area contributed by atoms with Crippen molar-refractivity contribution in [3.63, 3.8) is 0 Å². The number of halogens is 3. The molecule has 0 spiro atoms. The Hall–Kier alpha value is -3.09. The fourth-order valence-corrected chi connectivity index (χ4v) is 3.20. The van der Waals surface area contributed by atoms with E-state index < -0.39 is 23.6 Å². The number of imide groups is 1. The number of rotatable bonds is 5. The first-order chi connectivity index (χ1) is 13.6. The maximum Gasteiger partial charge on any atom is 0.416 e. The van der Waals surface area contributed by atoms with Crippen LogP contribution in [0.15, 0.2) is 48.2 Å². The normalized spacial score (nSPS) is 14.8. The molecule has 0 saturated heterocycles. The van der Waals surface area contributed by atoms with E-state index in [0.717, 1.165) is 28.2 Å². The van der Waals surface area contributed by atoms with Crippen LogP contribution < -0.4 is 5.32 Å². The molecule has 0 unspecified atom stereocenters. The molecule has 0 fully saturated rings. The van der Waals surface area contributed by atoms with Gasteiger partial charge in [0, 0.05) is 12.2 Å². The Morgan fingerprint density at radius 3 is 2.31 bits per heavy atom. The van der Waals surface area contributed by atoms with Crippen molar-refractivity contribution in [1.82, 2.24) is 4.90 Å². The van der Waals surface area contributed by atoms with Crippen molar-refractivity contribution >= 4 is 23.1 Å². The fourth-order valence-electron chi connectivity index (χ4n) is 3.20. The number of amides is 2. The molecule has 4 nitrogen and oxygen atoms in total. The summed E-state index contributed by atoms with van der Waals surface area (Å²) in [6, 6.07) is 9.96. The van der Waals surface area contributed by atoms with Gasteiger partial charge in [0.15, 0.2) is 0 Å². The predicted octanol–water partition coefficient (Wildman–Crippen LogP) is 4.92. The van der Waals surface area contributed by atoms with Crippen LogP contribution in [0.25, 0.3) is 5.57 Å². The van der Waals surface area contributed by atoms with Crippen LogP contribution in [0.5, 0.6) is 0 Å². The zero-order chi connectivity index (χ0) is 21.3. The minimum absolute atomic E-state index is 0.00831. The lowest BCUT2D eigenvalue weighted by Gasteiger charge is -2.14. The molecule has 1 aliphatic heterocycles. The quantitative estimate of drug-likeness (QED) is 0.722. The minimum atomic E-state index is -4.51. The van der Waals surface area contributed by atoms with Crippen LogP contribution in [-0.4, -0.2) is 23.3 Å². The highest BCUT2D eigenvalue weighted by molar-refractivity contribution is 6.36. The third-order valence-electron chi connectivity index (χ3n) is 4.87. The number of hydrogen-bond donors (Lipinski definition) is 1. The van der Waals surface area contributed by atoms with Gasteiger partial charge >= 0.3 is 6.18 Å². The lowest BCUT2D eigenvalue weighted by molar-refractivity contribution is -0.138. The van der Waals surface area contributed by atoms with E-state index in [1.165, 1.54) is 12.1 Å². The van der Waals surface area contributed by atoms with Crippen LogP contribution in [0, 0.1) is 13.8 Å². The highest BCUT2D eigenvalue weighted by Gasteiger charge is 2.39. The van der Waals surface area contributed by atoms with E-state index in [-0.39, 0.29) is 23.5 Å². The van der Waals surface area contributed by atoms with Gasteiger partial charge in [0.1, 0.15) is 5.70 Å². The van der Waals surface area contributed by atoms with Gasteiger partial charge in [0.2, 0.25) is 0 Å². The second kappa shape index (κ2) is 7.73. The van der Waals surface area contributed by atoms with Crippen molar-refractivity contribution < 1.29 is 22.8 Å². The average Bonchev–Trinajstić information content (AvgIpc) is 2.88. The monoisotopic (exact) mass is 402 g/mol. The number of alkyl halides is 3. The number of carbonyl (C=O) groups excluding carboxylic acids is 2. The maximum atomic E-state index is 13.0. The summed E-state index contributed by atoms with van der Waals surface area (Å²) in [6.45, 7) is 5.90. The van der Waals surface area contributed by atoms with Crippen LogP contribution in [0.2, 0.25) is 0 Å². The molecule has 0 aromatic heterocycles. The number of hydrogen-bond acceptors (Lipinski definition) is 3. The van der Waals surface area contributed by atoms with Gasteiger partial charge in [-0.15, -0.1) is 0 Å². The summed E-state index contributed by atoms with van der Waals surface area (Å²) >= 11 is 0. The second-order valence-corrected chi connectivity index (χ2v) is 7.01.